The number of hydrogen-bond donors (Lipinski definition) is 2. The van der Waals surface area contributed by atoms with Crippen LogP contribution in [0.3, 0.4) is 0 Å². The van der Waals surface area contributed by atoms with E-state index < -0.39 is 0 Å². The third kappa shape index (κ3) is 3.80. The molecule has 6 nitrogen and oxygen atoms in total. The summed E-state index contributed by atoms with van der Waals surface area (Å²) in [6, 6.07) is 1.86. The minimum atomic E-state index is 0. The van der Waals surface area contributed by atoms with E-state index in [-0.39, 0.29) is 24.2 Å². The topological polar surface area (TPSA) is 82.2 Å². The number of amides is 1. The van der Waals surface area contributed by atoms with Gasteiger partial charge in [0, 0.05) is 31.1 Å². The third-order valence-electron chi connectivity index (χ3n) is 4.72. The van der Waals surface area contributed by atoms with Crippen molar-refractivity contribution in [1.82, 2.24) is 9.78 Å². The first-order valence-corrected chi connectivity index (χ1v) is 7.88. The Morgan fingerprint density at radius 2 is 2.32 bits per heavy atom. The highest BCUT2D eigenvalue weighted by Gasteiger charge is 2.32. The van der Waals surface area contributed by atoms with Gasteiger partial charge in [0.25, 0.3) is 0 Å². The number of nitrogens with two attached hydrogens (primary N) is 1. The summed E-state index contributed by atoms with van der Waals surface area (Å²) < 4.78 is 7.27. The number of carbonyl (C=O) groups excluding carboxylic acids is 1. The fraction of sp³-hybridized carbons (Fsp3) is 0.733. The van der Waals surface area contributed by atoms with Crippen LogP contribution >= 0.6 is 12.4 Å². The quantitative estimate of drug-likeness (QED) is 0.861. The monoisotopic (exact) mass is 328 g/mol. The fourth-order valence-corrected chi connectivity index (χ4v) is 3.44. The molecule has 1 aliphatic heterocycles. The molecule has 2 heterocycles. The lowest BCUT2D eigenvalue weighted by atomic mass is 9.95. The molecule has 3 N–H and O–H groups in total. The number of rotatable bonds is 5. The van der Waals surface area contributed by atoms with Crippen LogP contribution in [0, 0.1) is 17.8 Å². The molecule has 0 radical (unpaired) electrons. The van der Waals surface area contributed by atoms with Gasteiger partial charge in [-0.2, -0.15) is 5.10 Å². The van der Waals surface area contributed by atoms with E-state index >= 15 is 0 Å². The normalized spacial score (nSPS) is 27.6. The molecule has 2 aliphatic rings. The highest BCUT2D eigenvalue weighted by atomic mass is 35.5. The van der Waals surface area contributed by atoms with Gasteiger partial charge in [0.1, 0.15) is 5.82 Å². The van der Waals surface area contributed by atoms with Crippen LogP contribution in [0.25, 0.3) is 0 Å². The molecule has 3 rings (SSSR count). The van der Waals surface area contributed by atoms with Gasteiger partial charge < -0.3 is 15.8 Å². The lowest BCUT2D eigenvalue weighted by molar-refractivity contribution is -0.120. The summed E-state index contributed by atoms with van der Waals surface area (Å²) in [6.07, 6.45) is 5.90. The number of anilines is 1. The minimum absolute atomic E-state index is 0. The summed E-state index contributed by atoms with van der Waals surface area (Å²) in [6.45, 7) is 3.00. The summed E-state index contributed by atoms with van der Waals surface area (Å²) in [5.41, 5.74) is 5.76. The van der Waals surface area contributed by atoms with Gasteiger partial charge in [-0.3, -0.25) is 4.79 Å². The Hall–Kier alpha value is -1.11. The van der Waals surface area contributed by atoms with Crippen molar-refractivity contribution in [2.24, 2.45) is 23.5 Å². The van der Waals surface area contributed by atoms with Gasteiger partial charge in [0.2, 0.25) is 5.91 Å². The average Bonchev–Trinajstić information content (AvgIpc) is 3.21. The molecular weight excluding hydrogens is 304 g/mol. The molecule has 124 valence electrons. The van der Waals surface area contributed by atoms with Crippen molar-refractivity contribution in [2.45, 2.75) is 32.2 Å². The first-order valence-electron chi connectivity index (χ1n) is 7.88. The average molecular weight is 329 g/mol. The van der Waals surface area contributed by atoms with Crippen LogP contribution < -0.4 is 11.1 Å². The van der Waals surface area contributed by atoms with E-state index in [1.54, 1.807) is 6.20 Å². The summed E-state index contributed by atoms with van der Waals surface area (Å²) >= 11 is 0. The van der Waals surface area contributed by atoms with E-state index in [2.05, 4.69) is 10.4 Å². The molecule has 22 heavy (non-hydrogen) atoms. The predicted octanol–water partition coefficient (Wildman–Crippen LogP) is 1.65. The zero-order chi connectivity index (χ0) is 14.7. The Balaban J connectivity index is 0.00000176. The molecule has 0 aromatic carbocycles. The second-order valence-electron chi connectivity index (χ2n) is 6.15. The van der Waals surface area contributed by atoms with Crippen LogP contribution in [0.1, 0.15) is 25.7 Å². The van der Waals surface area contributed by atoms with Gasteiger partial charge in [-0.1, -0.05) is 6.42 Å². The largest absolute Gasteiger partial charge is 0.381 e. The number of halogens is 1. The van der Waals surface area contributed by atoms with Crippen molar-refractivity contribution in [3.63, 3.8) is 0 Å². The number of aromatic nitrogens is 2. The Morgan fingerprint density at radius 1 is 1.45 bits per heavy atom. The van der Waals surface area contributed by atoms with E-state index in [1.807, 2.05) is 10.7 Å². The Kier molecular flexibility index (Phi) is 6.23. The molecule has 1 amide bonds. The van der Waals surface area contributed by atoms with Crippen LogP contribution in [-0.2, 0) is 16.1 Å². The van der Waals surface area contributed by atoms with Gasteiger partial charge in [-0.15, -0.1) is 12.4 Å². The van der Waals surface area contributed by atoms with Crippen molar-refractivity contribution in [2.75, 3.05) is 25.1 Å². The number of nitrogens with one attached hydrogen (secondary N) is 1. The van der Waals surface area contributed by atoms with Crippen LogP contribution in [0.2, 0.25) is 0 Å². The SMILES string of the molecule is Cl.NC[C@H]1CCC[C@H]1C(=O)Nc1ccnn1CC1CCOC1. The molecule has 0 spiro atoms. The highest BCUT2D eigenvalue weighted by molar-refractivity contribution is 5.92. The molecule has 1 unspecified atom stereocenters. The fourth-order valence-electron chi connectivity index (χ4n) is 3.44. The predicted molar refractivity (Wildman–Crippen MR) is 86.9 cm³/mol. The van der Waals surface area contributed by atoms with Gasteiger partial charge >= 0.3 is 0 Å². The van der Waals surface area contributed by atoms with Crippen molar-refractivity contribution >= 4 is 24.1 Å². The van der Waals surface area contributed by atoms with E-state index in [1.165, 1.54) is 0 Å². The van der Waals surface area contributed by atoms with Crippen molar-refractivity contribution in [1.29, 1.82) is 0 Å². The highest BCUT2D eigenvalue weighted by Crippen LogP contribution is 2.31. The van der Waals surface area contributed by atoms with Gasteiger partial charge in [-0.05, 0) is 31.7 Å². The minimum Gasteiger partial charge on any atom is -0.381 e. The van der Waals surface area contributed by atoms with Crippen LogP contribution in [0.5, 0.6) is 0 Å². The van der Waals surface area contributed by atoms with Gasteiger partial charge in [0.05, 0.1) is 12.8 Å². The lowest BCUT2D eigenvalue weighted by Crippen LogP contribution is -2.30. The van der Waals surface area contributed by atoms with Crippen molar-refractivity contribution in [3.8, 4) is 0 Å². The molecule has 2 fully saturated rings. The van der Waals surface area contributed by atoms with E-state index in [0.717, 1.165) is 51.3 Å². The van der Waals surface area contributed by atoms with E-state index in [4.69, 9.17) is 10.5 Å². The first kappa shape index (κ1) is 17.2. The Morgan fingerprint density at radius 3 is 3.05 bits per heavy atom. The van der Waals surface area contributed by atoms with Crippen LogP contribution in [0.4, 0.5) is 5.82 Å². The van der Waals surface area contributed by atoms with Gasteiger partial charge in [-0.25, -0.2) is 4.68 Å². The number of hydrogen-bond acceptors (Lipinski definition) is 4. The maximum atomic E-state index is 12.4. The van der Waals surface area contributed by atoms with E-state index in [9.17, 15) is 4.79 Å². The second kappa shape index (κ2) is 7.94. The molecular formula is C15H25ClN4O2. The molecule has 1 aromatic heterocycles. The zero-order valence-corrected chi connectivity index (χ0v) is 13.6. The molecule has 1 saturated heterocycles. The summed E-state index contributed by atoms with van der Waals surface area (Å²) in [5, 5.41) is 7.36. The summed E-state index contributed by atoms with van der Waals surface area (Å²) in [5.74, 6) is 1.74. The van der Waals surface area contributed by atoms with Crippen LogP contribution in [0.15, 0.2) is 12.3 Å². The number of ether oxygens (including phenoxy) is 1. The maximum absolute atomic E-state index is 12.4. The summed E-state index contributed by atoms with van der Waals surface area (Å²) in [7, 11) is 0. The molecule has 7 heteroatoms. The lowest BCUT2D eigenvalue weighted by Gasteiger charge is -2.18. The molecule has 3 atom stereocenters. The molecule has 0 bridgehead atoms. The molecule has 1 aromatic rings. The number of carbonyl (C=O) groups is 1. The zero-order valence-electron chi connectivity index (χ0n) is 12.7. The third-order valence-corrected chi connectivity index (χ3v) is 4.72. The Labute approximate surface area is 137 Å². The molecule has 1 saturated carbocycles. The summed E-state index contributed by atoms with van der Waals surface area (Å²) in [4.78, 5) is 12.4. The Bertz CT molecular complexity index is 488. The van der Waals surface area contributed by atoms with Crippen LogP contribution in [-0.4, -0.2) is 35.4 Å². The van der Waals surface area contributed by atoms with Crippen molar-refractivity contribution in [3.05, 3.63) is 12.3 Å². The smallest absolute Gasteiger partial charge is 0.228 e. The standard InChI is InChI=1S/C15H24N4O2.ClH/c16-8-12-2-1-3-13(12)15(20)18-14-4-6-17-19(14)9-11-5-7-21-10-11;/h4,6,11-13H,1-3,5,7-10,16H2,(H,18,20);1H/t11?,12-,13-;/m1./s1. The van der Waals surface area contributed by atoms with E-state index in [0.29, 0.717) is 18.4 Å². The van der Waals surface area contributed by atoms with Crippen molar-refractivity contribution < 1.29 is 9.53 Å². The number of nitrogens with zero attached hydrogens (tertiary/aromatic N) is 2. The first-order chi connectivity index (χ1) is 10.3. The van der Waals surface area contributed by atoms with Gasteiger partial charge in [0.15, 0.2) is 0 Å². The second-order valence-corrected chi connectivity index (χ2v) is 6.15. The maximum Gasteiger partial charge on any atom is 0.228 e. The molecule has 1 aliphatic carbocycles.